The van der Waals surface area contributed by atoms with Gasteiger partial charge < -0.3 is 10.4 Å². The fraction of sp³-hybridized carbons (Fsp3) is 0.462. The van der Waals surface area contributed by atoms with Crippen molar-refractivity contribution in [3.05, 3.63) is 23.8 Å². The van der Waals surface area contributed by atoms with E-state index in [2.05, 4.69) is 20.4 Å². The van der Waals surface area contributed by atoms with E-state index in [1.807, 2.05) is 0 Å². The Kier molecular flexibility index (Phi) is 4.46. The Labute approximate surface area is 121 Å². The molecule has 0 radical (unpaired) electrons. The molecule has 0 saturated heterocycles. The Morgan fingerprint density at radius 3 is 2.90 bits per heavy atom. The summed E-state index contributed by atoms with van der Waals surface area (Å²) in [5.74, 6) is -1.03. The first kappa shape index (κ1) is 14.9. The maximum Gasteiger partial charge on any atom is 0.306 e. The van der Waals surface area contributed by atoms with E-state index in [1.54, 1.807) is 13.8 Å². The molecule has 1 unspecified atom stereocenters. The molecule has 0 aromatic carbocycles. The van der Waals surface area contributed by atoms with Crippen LogP contribution in [-0.4, -0.2) is 43.1 Å². The summed E-state index contributed by atoms with van der Waals surface area (Å²) in [5.41, 5.74) is 1.09. The Bertz CT molecular complexity index is 667. The summed E-state index contributed by atoms with van der Waals surface area (Å²) in [6.45, 7) is 3.84. The normalized spacial score (nSPS) is 12.3. The van der Waals surface area contributed by atoms with E-state index in [0.717, 1.165) is 0 Å². The standard InChI is InChI=1S/C13H17N5O3/c1-8(12(20)21)4-3-5-14-11(19)10-6-15-13-16-7-17-18(13)9(10)2/h6-8H,3-5H2,1-2H3,(H,14,19)(H,20,21). The minimum absolute atomic E-state index is 0.250. The number of hydrogen-bond acceptors (Lipinski definition) is 5. The Morgan fingerprint density at radius 1 is 1.43 bits per heavy atom. The summed E-state index contributed by atoms with van der Waals surface area (Å²) in [7, 11) is 0. The first-order valence-electron chi connectivity index (χ1n) is 6.67. The van der Waals surface area contributed by atoms with Crippen LogP contribution in [0.2, 0.25) is 0 Å². The number of aromatic nitrogens is 4. The quantitative estimate of drug-likeness (QED) is 0.757. The average molecular weight is 291 g/mol. The van der Waals surface area contributed by atoms with Gasteiger partial charge in [-0.2, -0.15) is 10.1 Å². The molecule has 112 valence electrons. The van der Waals surface area contributed by atoms with Crippen molar-refractivity contribution >= 4 is 17.7 Å². The molecule has 8 heteroatoms. The number of carboxylic acids is 1. The Hall–Kier alpha value is -2.51. The fourth-order valence-electron chi connectivity index (χ4n) is 1.94. The van der Waals surface area contributed by atoms with Crippen molar-refractivity contribution in [3.63, 3.8) is 0 Å². The third kappa shape index (κ3) is 3.33. The summed E-state index contributed by atoms with van der Waals surface area (Å²) in [6.07, 6.45) is 3.98. The second-order valence-corrected chi connectivity index (χ2v) is 4.87. The third-order valence-electron chi connectivity index (χ3n) is 3.31. The van der Waals surface area contributed by atoms with E-state index < -0.39 is 11.9 Å². The summed E-state index contributed by atoms with van der Waals surface area (Å²) in [4.78, 5) is 30.8. The van der Waals surface area contributed by atoms with Gasteiger partial charge in [0.1, 0.15) is 6.33 Å². The SMILES string of the molecule is Cc1c(C(=O)NCCCC(C)C(=O)O)cnc2ncnn12. The number of aryl methyl sites for hydroxylation is 1. The number of carbonyl (C=O) groups excluding carboxylic acids is 1. The lowest BCUT2D eigenvalue weighted by molar-refractivity contribution is -0.141. The zero-order chi connectivity index (χ0) is 15.4. The highest BCUT2D eigenvalue weighted by Gasteiger charge is 2.14. The van der Waals surface area contributed by atoms with Gasteiger partial charge in [-0.25, -0.2) is 9.50 Å². The number of nitrogens with one attached hydrogen (secondary N) is 1. The molecule has 1 amide bonds. The number of fused-ring (bicyclic) bond motifs is 1. The number of amides is 1. The molecule has 2 N–H and O–H groups in total. The number of rotatable bonds is 6. The van der Waals surface area contributed by atoms with Crippen molar-refractivity contribution < 1.29 is 14.7 Å². The van der Waals surface area contributed by atoms with E-state index in [1.165, 1.54) is 17.0 Å². The number of aliphatic carboxylic acids is 1. The van der Waals surface area contributed by atoms with Gasteiger partial charge in [-0.15, -0.1) is 0 Å². The highest BCUT2D eigenvalue weighted by atomic mass is 16.4. The second kappa shape index (κ2) is 6.29. The summed E-state index contributed by atoms with van der Waals surface area (Å²) >= 11 is 0. The molecular weight excluding hydrogens is 274 g/mol. The summed E-state index contributed by atoms with van der Waals surface area (Å²) in [5, 5.41) is 15.5. The molecule has 0 aliphatic rings. The molecular formula is C13H17N5O3. The van der Waals surface area contributed by atoms with E-state index in [0.29, 0.717) is 36.4 Å². The van der Waals surface area contributed by atoms with Crippen LogP contribution in [0.25, 0.3) is 5.78 Å². The van der Waals surface area contributed by atoms with Crippen LogP contribution in [0.4, 0.5) is 0 Å². The molecule has 2 heterocycles. The minimum atomic E-state index is -0.821. The first-order chi connectivity index (χ1) is 10.0. The topological polar surface area (TPSA) is 109 Å². The van der Waals surface area contributed by atoms with E-state index >= 15 is 0 Å². The number of carbonyl (C=O) groups is 2. The molecule has 2 aromatic heterocycles. The largest absolute Gasteiger partial charge is 0.481 e. The second-order valence-electron chi connectivity index (χ2n) is 4.87. The van der Waals surface area contributed by atoms with Gasteiger partial charge in [-0.3, -0.25) is 9.59 Å². The van der Waals surface area contributed by atoms with Crippen molar-refractivity contribution in [2.24, 2.45) is 5.92 Å². The van der Waals surface area contributed by atoms with Crippen molar-refractivity contribution in [1.82, 2.24) is 24.9 Å². The van der Waals surface area contributed by atoms with Crippen molar-refractivity contribution in [2.75, 3.05) is 6.54 Å². The van der Waals surface area contributed by atoms with Crippen LogP contribution in [0.3, 0.4) is 0 Å². The van der Waals surface area contributed by atoms with Crippen LogP contribution in [0.5, 0.6) is 0 Å². The monoisotopic (exact) mass is 291 g/mol. The van der Waals surface area contributed by atoms with Crippen molar-refractivity contribution in [3.8, 4) is 0 Å². The number of carboxylic acid groups (broad SMARTS) is 1. The van der Waals surface area contributed by atoms with Gasteiger partial charge in [0.15, 0.2) is 0 Å². The summed E-state index contributed by atoms with van der Waals surface area (Å²) in [6, 6.07) is 0. The molecule has 0 bridgehead atoms. The molecule has 2 aromatic rings. The molecule has 2 rings (SSSR count). The lowest BCUT2D eigenvalue weighted by Gasteiger charge is -2.09. The van der Waals surface area contributed by atoms with Crippen LogP contribution >= 0.6 is 0 Å². The first-order valence-corrected chi connectivity index (χ1v) is 6.67. The lowest BCUT2D eigenvalue weighted by atomic mass is 10.1. The van der Waals surface area contributed by atoms with Gasteiger partial charge >= 0.3 is 5.97 Å². The van der Waals surface area contributed by atoms with Crippen LogP contribution in [-0.2, 0) is 4.79 Å². The minimum Gasteiger partial charge on any atom is -0.481 e. The fourth-order valence-corrected chi connectivity index (χ4v) is 1.94. The van der Waals surface area contributed by atoms with Crippen LogP contribution in [0, 0.1) is 12.8 Å². The van der Waals surface area contributed by atoms with Gasteiger partial charge in [-0.1, -0.05) is 6.92 Å². The van der Waals surface area contributed by atoms with Crippen molar-refractivity contribution in [1.29, 1.82) is 0 Å². The zero-order valence-electron chi connectivity index (χ0n) is 11.9. The van der Waals surface area contributed by atoms with E-state index in [4.69, 9.17) is 5.11 Å². The maximum absolute atomic E-state index is 12.1. The van der Waals surface area contributed by atoms with Crippen molar-refractivity contribution in [2.45, 2.75) is 26.7 Å². The molecule has 0 spiro atoms. The molecule has 0 saturated carbocycles. The van der Waals surface area contributed by atoms with Gasteiger partial charge in [0, 0.05) is 12.7 Å². The molecule has 21 heavy (non-hydrogen) atoms. The molecule has 0 aliphatic heterocycles. The molecule has 0 fully saturated rings. The molecule has 8 nitrogen and oxygen atoms in total. The molecule has 0 aliphatic carbocycles. The van der Waals surface area contributed by atoms with E-state index in [-0.39, 0.29) is 5.91 Å². The predicted molar refractivity (Wildman–Crippen MR) is 73.9 cm³/mol. The smallest absolute Gasteiger partial charge is 0.306 e. The van der Waals surface area contributed by atoms with Gasteiger partial charge in [0.2, 0.25) is 0 Å². The Balaban J connectivity index is 1.93. The van der Waals surface area contributed by atoms with Gasteiger partial charge in [0.05, 0.1) is 17.2 Å². The number of nitrogens with zero attached hydrogens (tertiary/aromatic N) is 4. The van der Waals surface area contributed by atoms with Crippen LogP contribution in [0.15, 0.2) is 12.5 Å². The Morgan fingerprint density at radius 2 is 2.19 bits per heavy atom. The van der Waals surface area contributed by atoms with Crippen LogP contribution < -0.4 is 5.32 Å². The zero-order valence-corrected chi connectivity index (χ0v) is 11.9. The predicted octanol–water partition coefficient (Wildman–Crippen LogP) is 0.663. The highest BCUT2D eigenvalue weighted by molar-refractivity contribution is 5.95. The van der Waals surface area contributed by atoms with Gasteiger partial charge in [-0.05, 0) is 19.8 Å². The average Bonchev–Trinajstić information content (AvgIpc) is 2.92. The van der Waals surface area contributed by atoms with Gasteiger partial charge in [0.25, 0.3) is 11.7 Å². The third-order valence-corrected chi connectivity index (χ3v) is 3.31. The molecule has 1 atom stereocenters. The summed E-state index contributed by atoms with van der Waals surface area (Å²) < 4.78 is 1.50. The highest BCUT2D eigenvalue weighted by Crippen LogP contribution is 2.08. The van der Waals surface area contributed by atoms with E-state index in [9.17, 15) is 9.59 Å². The lowest BCUT2D eigenvalue weighted by Crippen LogP contribution is -2.26. The van der Waals surface area contributed by atoms with Crippen LogP contribution in [0.1, 0.15) is 35.8 Å². The maximum atomic E-state index is 12.1. The number of hydrogen-bond donors (Lipinski definition) is 2.